The average molecular weight is 591 g/mol. The Hall–Kier alpha value is -3.51. The summed E-state index contributed by atoms with van der Waals surface area (Å²) in [6.45, 7) is 5.23. The van der Waals surface area contributed by atoms with Gasteiger partial charge in [0.25, 0.3) is 0 Å². The van der Waals surface area contributed by atoms with Crippen molar-refractivity contribution >= 4 is 23.4 Å². The molecule has 0 radical (unpaired) electrons. The Balaban J connectivity index is 1.60. The van der Waals surface area contributed by atoms with E-state index in [1.54, 1.807) is 4.90 Å². The van der Waals surface area contributed by atoms with Crippen molar-refractivity contribution in [2.24, 2.45) is 0 Å². The molecule has 1 aliphatic rings. The fraction of sp³-hybridized carbons (Fsp3) is 0.429. The summed E-state index contributed by atoms with van der Waals surface area (Å²) < 4.78 is 11.5. The third-order valence-electron chi connectivity index (χ3n) is 7.70. The van der Waals surface area contributed by atoms with Crippen molar-refractivity contribution in [2.45, 2.75) is 83.8 Å². The Labute approximate surface area is 255 Å². The van der Waals surface area contributed by atoms with E-state index >= 15 is 0 Å². The molecule has 4 rings (SSSR count). The van der Waals surface area contributed by atoms with E-state index in [0.717, 1.165) is 42.4 Å². The molecule has 6 nitrogen and oxygen atoms in total. The molecule has 1 aliphatic carbocycles. The second kappa shape index (κ2) is 16.2. The molecule has 2 amide bonds. The highest BCUT2D eigenvalue weighted by atomic mass is 35.5. The third-order valence-corrected chi connectivity index (χ3v) is 7.94. The highest BCUT2D eigenvalue weighted by Gasteiger charge is 2.31. The van der Waals surface area contributed by atoms with Gasteiger partial charge < -0.3 is 19.7 Å². The van der Waals surface area contributed by atoms with Gasteiger partial charge in [-0.2, -0.15) is 0 Å². The van der Waals surface area contributed by atoms with E-state index in [2.05, 4.69) is 5.32 Å². The van der Waals surface area contributed by atoms with Gasteiger partial charge in [-0.15, -0.1) is 0 Å². The number of hydrogen-bond donors (Lipinski definition) is 1. The lowest BCUT2D eigenvalue weighted by molar-refractivity contribution is -0.141. The Morgan fingerprint density at radius 3 is 2.29 bits per heavy atom. The summed E-state index contributed by atoms with van der Waals surface area (Å²) in [7, 11) is 0. The highest BCUT2D eigenvalue weighted by molar-refractivity contribution is 6.30. The number of benzene rings is 3. The van der Waals surface area contributed by atoms with Crippen LogP contribution in [0.1, 0.15) is 69.1 Å². The lowest BCUT2D eigenvalue weighted by Crippen LogP contribution is -2.52. The molecular formula is C35H43ClN2O4. The first-order chi connectivity index (χ1) is 20.5. The van der Waals surface area contributed by atoms with Crippen molar-refractivity contribution < 1.29 is 19.1 Å². The van der Waals surface area contributed by atoms with E-state index in [4.69, 9.17) is 21.1 Å². The first kappa shape index (κ1) is 31.4. The number of rotatable bonds is 14. The van der Waals surface area contributed by atoms with Crippen LogP contribution in [0.25, 0.3) is 0 Å². The van der Waals surface area contributed by atoms with Crippen molar-refractivity contribution in [1.82, 2.24) is 10.2 Å². The number of nitrogens with one attached hydrogen (secondary N) is 1. The number of nitrogens with zero attached hydrogens (tertiary/aromatic N) is 1. The quantitative estimate of drug-likeness (QED) is 0.216. The molecule has 0 aromatic heterocycles. The molecule has 0 bridgehead atoms. The largest absolute Gasteiger partial charge is 0.490 e. The summed E-state index contributed by atoms with van der Waals surface area (Å²) >= 11 is 6.32. The van der Waals surface area contributed by atoms with Crippen LogP contribution in [0.3, 0.4) is 0 Å². The molecule has 0 saturated heterocycles. The first-order valence-electron chi connectivity index (χ1n) is 15.2. The van der Waals surface area contributed by atoms with Crippen LogP contribution in [0.5, 0.6) is 11.5 Å². The number of hydrogen-bond acceptors (Lipinski definition) is 4. The SMILES string of the molecule is CCOc1ccc(CCC(=O)N(Cc2cccc(Cl)c2)[C@H](Cc2ccccc2)C(=O)NC2CCCCC2)cc1OCC. The van der Waals surface area contributed by atoms with Crippen LogP contribution in [-0.4, -0.2) is 42.0 Å². The van der Waals surface area contributed by atoms with Crippen molar-refractivity contribution in [2.75, 3.05) is 13.2 Å². The number of carbonyl (C=O) groups is 2. The van der Waals surface area contributed by atoms with Gasteiger partial charge in [-0.1, -0.05) is 79.4 Å². The van der Waals surface area contributed by atoms with Crippen molar-refractivity contribution in [1.29, 1.82) is 0 Å². The number of aryl methyl sites for hydroxylation is 1. The smallest absolute Gasteiger partial charge is 0.243 e. The van der Waals surface area contributed by atoms with Gasteiger partial charge in [0.15, 0.2) is 11.5 Å². The van der Waals surface area contributed by atoms with Gasteiger partial charge in [-0.3, -0.25) is 9.59 Å². The number of ether oxygens (including phenoxy) is 2. The predicted octanol–water partition coefficient (Wildman–Crippen LogP) is 7.16. The highest BCUT2D eigenvalue weighted by Crippen LogP contribution is 2.29. The maximum absolute atomic E-state index is 14.1. The van der Waals surface area contributed by atoms with Gasteiger partial charge in [-0.25, -0.2) is 0 Å². The van der Waals surface area contributed by atoms with Gasteiger partial charge in [0.2, 0.25) is 11.8 Å². The standard InChI is InChI=1S/C35H43ClN2O4/c1-3-41-32-20-18-27(24-33(32)42-4-2)19-21-34(39)38(25-28-14-11-15-29(36)22-28)31(23-26-12-7-5-8-13-26)35(40)37-30-16-9-6-10-17-30/h5,7-8,11-15,18,20,22,24,30-31H,3-4,6,9-10,16-17,19,21,23,25H2,1-2H3,(H,37,40)/t31-/m1/s1. The molecule has 224 valence electrons. The van der Waals surface area contributed by atoms with Gasteiger partial charge in [-0.05, 0) is 74.1 Å². The Kier molecular flexibility index (Phi) is 12.1. The zero-order chi connectivity index (χ0) is 29.7. The topological polar surface area (TPSA) is 67.9 Å². The maximum Gasteiger partial charge on any atom is 0.243 e. The predicted molar refractivity (Wildman–Crippen MR) is 168 cm³/mol. The fourth-order valence-corrected chi connectivity index (χ4v) is 5.79. The molecule has 0 heterocycles. The Morgan fingerprint density at radius 2 is 1.57 bits per heavy atom. The van der Waals surface area contributed by atoms with Crippen LogP contribution in [0, 0.1) is 0 Å². The second-order valence-electron chi connectivity index (χ2n) is 10.8. The molecule has 1 saturated carbocycles. The van der Waals surface area contributed by atoms with Crippen LogP contribution < -0.4 is 14.8 Å². The summed E-state index contributed by atoms with van der Waals surface area (Å²) in [6, 6.07) is 22.7. The summed E-state index contributed by atoms with van der Waals surface area (Å²) in [5, 5.41) is 3.90. The Morgan fingerprint density at radius 1 is 0.857 bits per heavy atom. The van der Waals surface area contributed by atoms with Crippen molar-refractivity contribution in [3.05, 3.63) is 94.5 Å². The van der Waals surface area contributed by atoms with E-state index in [9.17, 15) is 9.59 Å². The molecule has 0 spiro atoms. The van der Waals surface area contributed by atoms with Crippen LogP contribution in [-0.2, 0) is 29.0 Å². The zero-order valence-electron chi connectivity index (χ0n) is 24.8. The zero-order valence-corrected chi connectivity index (χ0v) is 25.6. The minimum atomic E-state index is -0.653. The van der Waals surface area contributed by atoms with E-state index in [1.807, 2.05) is 86.6 Å². The lowest BCUT2D eigenvalue weighted by atomic mass is 9.94. The molecule has 42 heavy (non-hydrogen) atoms. The van der Waals surface area contributed by atoms with Gasteiger partial charge >= 0.3 is 0 Å². The third kappa shape index (κ3) is 9.25. The summed E-state index contributed by atoms with van der Waals surface area (Å²) in [6.07, 6.45) is 6.59. The maximum atomic E-state index is 14.1. The van der Waals surface area contributed by atoms with Gasteiger partial charge in [0.1, 0.15) is 6.04 Å². The number of carbonyl (C=O) groups excluding carboxylic acids is 2. The number of halogens is 1. The molecule has 0 aliphatic heterocycles. The van der Waals surface area contributed by atoms with Crippen LogP contribution in [0.4, 0.5) is 0 Å². The van der Waals surface area contributed by atoms with Gasteiger partial charge in [0, 0.05) is 30.5 Å². The fourth-order valence-electron chi connectivity index (χ4n) is 5.58. The first-order valence-corrected chi connectivity index (χ1v) is 15.6. The minimum Gasteiger partial charge on any atom is -0.490 e. The van der Waals surface area contributed by atoms with E-state index in [1.165, 1.54) is 6.42 Å². The molecule has 1 atom stereocenters. The lowest BCUT2D eigenvalue weighted by Gasteiger charge is -2.33. The monoisotopic (exact) mass is 590 g/mol. The molecule has 1 N–H and O–H groups in total. The van der Waals surface area contributed by atoms with Crippen LogP contribution in [0.2, 0.25) is 5.02 Å². The molecule has 0 unspecified atom stereocenters. The summed E-state index contributed by atoms with van der Waals surface area (Å²) in [5.41, 5.74) is 2.88. The molecule has 1 fully saturated rings. The molecule has 7 heteroatoms. The average Bonchev–Trinajstić information content (AvgIpc) is 3.00. The second-order valence-corrected chi connectivity index (χ2v) is 11.3. The summed E-state index contributed by atoms with van der Waals surface area (Å²) in [5.74, 6) is 1.19. The van der Waals surface area contributed by atoms with Crippen LogP contribution in [0.15, 0.2) is 72.8 Å². The minimum absolute atomic E-state index is 0.0819. The Bertz CT molecular complexity index is 1290. The van der Waals surface area contributed by atoms with Gasteiger partial charge in [0.05, 0.1) is 13.2 Å². The molecular weight excluding hydrogens is 548 g/mol. The summed E-state index contributed by atoms with van der Waals surface area (Å²) in [4.78, 5) is 29.8. The molecule has 3 aromatic carbocycles. The van der Waals surface area contributed by atoms with Crippen molar-refractivity contribution in [3.8, 4) is 11.5 Å². The number of amides is 2. The van der Waals surface area contributed by atoms with E-state index < -0.39 is 6.04 Å². The van der Waals surface area contributed by atoms with E-state index in [-0.39, 0.29) is 24.3 Å². The van der Waals surface area contributed by atoms with E-state index in [0.29, 0.717) is 49.1 Å². The molecule has 3 aromatic rings. The normalized spacial score (nSPS) is 14.2. The van der Waals surface area contributed by atoms with Crippen molar-refractivity contribution in [3.63, 3.8) is 0 Å². The van der Waals surface area contributed by atoms with Crippen LogP contribution >= 0.6 is 11.6 Å².